The third-order valence-corrected chi connectivity index (χ3v) is 3.41. The van der Waals surface area contributed by atoms with Crippen molar-refractivity contribution in [3.05, 3.63) is 23.9 Å². The van der Waals surface area contributed by atoms with Gasteiger partial charge in [0.25, 0.3) is 0 Å². The zero-order valence-corrected chi connectivity index (χ0v) is 14.3. The van der Waals surface area contributed by atoms with Crippen LogP contribution in [0.15, 0.2) is 18.3 Å². The lowest BCUT2D eigenvalue weighted by molar-refractivity contribution is -0.124. The first-order valence-electron chi connectivity index (χ1n) is 6.96. The van der Waals surface area contributed by atoms with E-state index < -0.39 is 0 Å². The van der Waals surface area contributed by atoms with E-state index in [9.17, 15) is 4.79 Å². The zero-order valence-electron chi connectivity index (χ0n) is 12.7. The number of anilines is 1. The molecule has 8 heteroatoms. The van der Waals surface area contributed by atoms with Gasteiger partial charge in [0.1, 0.15) is 5.82 Å². The summed E-state index contributed by atoms with van der Waals surface area (Å²) in [4.78, 5) is 18.3. The summed E-state index contributed by atoms with van der Waals surface area (Å²) in [7, 11) is 0. The molecule has 1 fully saturated rings. The highest BCUT2D eigenvalue weighted by molar-refractivity contribution is 5.85. The molecule has 2 heterocycles. The van der Waals surface area contributed by atoms with Crippen LogP contribution in [0.5, 0.6) is 0 Å². The fraction of sp³-hybridized carbons (Fsp3) is 0.571. The molecule has 22 heavy (non-hydrogen) atoms. The van der Waals surface area contributed by atoms with Gasteiger partial charge in [-0.05, 0) is 17.7 Å². The molecule has 0 aromatic carbocycles. The maximum Gasteiger partial charge on any atom is 0.224 e. The Balaban J connectivity index is 0.00000220. The molecule has 1 atom stereocenters. The summed E-state index contributed by atoms with van der Waals surface area (Å²) in [6.07, 6.45) is 1.78. The molecule has 0 saturated carbocycles. The fourth-order valence-corrected chi connectivity index (χ4v) is 2.01. The third kappa shape index (κ3) is 5.96. The van der Waals surface area contributed by atoms with Gasteiger partial charge in [-0.3, -0.25) is 4.79 Å². The smallest absolute Gasteiger partial charge is 0.224 e. The number of halogens is 2. The van der Waals surface area contributed by atoms with E-state index in [1.165, 1.54) is 0 Å². The molecule has 126 valence electrons. The van der Waals surface area contributed by atoms with Crippen LogP contribution >= 0.6 is 24.8 Å². The van der Waals surface area contributed by atoms with Crippen molar-refractivity contribution in [2.45, 2.75) is 13.5 Å². The van der Waals surface area contributed by atoms with Crippen molar-refractivity contribution in [1.82, 2.24) is 10.3 Å². The van der Waals surface area contributed by atoms with E-state index in [1.807, 2.05) is 19.1 Å². The Bertz CT molecular complexity index is 456. The Morgan fingerprint density at radius 2 is 2.14 bits per heavy atom. The van der Waals surface area contributed by atoms with Crippen LogP contribution in [0.2, 0.25) is 0 Å². The van der Waals surface area contributed by atoms with Crippen molar-refractivity contribution < 1.29 is 9.53 Å². The predicted octanol–water partition coefficient (Wildman–Crippen LogP) is 0.973. The van der Waals surface area contributed by atoms with E-state index in [4.69, 9.17) is 10.5 Å². The Kier molecular flexibility index (Phi) is 10.1. The maximum absolute atomic E-state index is 11.7. The SMILES string of the molecule is CC(CN)C(=O)NCc1ccnc(N2CCOCC2)c1.Cl.Cl. The minimum Gasteiger partial charge on any atom is -0.378 e. The van der Waals surface area contributed by atoms with Gasteiger partial charge in [-0.15, -0.1) is 24.8 Å². The Labute approximate surface area is 143 Å². The number of ether oxygens (including phenoxy) is 1. The molecule has 6 nitrogen and oxygen atoms in total. The van der Waals surface area contributed by atoms with E-state index in [-0.39, 0.29) is 36.6 Å². The second kappa shape index (κ2) is 10.6. The van der Waals surface area contributed by atoms with Gasteiger partial charge in [-0.1, -0.05) is 6.92 Å². The molecule has 1 aromatic heterocycles. The van der Waals surface area contributed by atoms with Gasteiger partial charge in [-0.2, -0.15) is 0 Å². The average molecular weight is 351 g/mol. The lowest BCUT2D eigenvalue weighted by Crippen LogP contribution is -2.37. The topological polar surface area (TPSA) is 80.5 Å². The van der Waals surface area contributed by atoms with E-state index in [1.54, 1.807) is 6.20 Å². The maximum atomic E-state index is 11.7. The predicted molar refractivity (Wildman–Crippen MR) is 91.8 cm³/mol. The van der Waals surface area contributed by atoms with Crippen molar-refractivity contribution in [3.63, 3.8) is 0 Å². The molecule has 1 amide bonds. The first-order chi connectivity index (χ1) is 9.70. The molecule has 0 spiro atoms. The molecular formula is C14H24Cl2N4O2. The first-order valence-corrected chi connectivity index (χ1v) is 6.96. The number of rotatable bonds is 5. The number of carbonyl (C=O) groups is 1. The minimum absolute atomic E-state index is 0. The van der Waals surface area contributed by atoms with Gasteiger partial charge < -0.3 is 20.7 Å². The van der Waals surface area contributed by atoms with Crippen molar-refractivity contribution in [1.29, 1.82) is 0 Å². The van der Waals surface area contributed by atoms with Crippen molar-refractivity contribution in [2.24, 2.45) is 11.7 Å². The number of pyridine rings is 1. The summed E-state index contributed by atoms with van der Waals surface area (Å²) < 4.78 is 5.33. The van der Waals surface area contributed by atoms with Crippen LogP contribution in [0.1, 0.15) is 12.5 Å². The highest BCUT2D eigenvalue weighted by Crippen LogP contribution is 2.14. The third-order valence-electron chi connectivity index (χ3n) is 3.41. The first kappa shape index (κ1) is 20.9. The number of nitrogens with zero attached hydrogens (tertiary/aromatic N) is 2. The number of hydrogen-bond donors (Lipinski definition) is 2. The van der Waals surface area contributed by atoms with Gasteiger partial charge in [-0.25, -0.2) is 4.98 Å². The number of morpholine rings is 1. The zero-order chi connectivity index (χ0) is 14.4. The number of carbonyl (C=O) groups excluding carboxylic acids is 1. The van der Waals surface area contributed by atoms with Crippen LogP contribution in [0, 0.1) is 5.92 Å². The lowest BCUT2D eigenvalue weighted by atomic mass is 10.1. The molecule has 0 aliphatic carbocycles. The Morgan fingerprint density at radius 1 is 1.45 bits per heavy atom. The van der Waals surface area contributed by atoms with E-state index in [2.05, 4.69) is 15.2 Å². The summed E-state index contributed by atoms with van der Waals surface area (Å²) in [5.41, 5.74) is 6.51. The van der Waals surface area contributed by atoms with Crippen LogP contribution in [-0.2, 0) is 16.1 Å². The monoisotopic (exact) mass is 350 g/mol. The van der Waals surface area contributed by atoms with Crippen LogP contribution < -0.4 is 16.0 Å². The average Bonchev–Trinajstić information content (AvgIpc) is 2.53. The second-order valence-corrected chi connectivity index (χ2v) is 4.98. The molecule has 0 radical (unpaired) electrons. The quantitative estimate of drug-likeness (QED) is 0.826. The Hall–Kier alpha value is -1.08. The summed E-state index contributed by atoms with van der Waals surface area (Å²) in [5, 5.41) is 2.89. The van der Waals surface area contributed by atoms with Crippen LogP contribution in [0.4, 0.5) is 5.82 Å². The van der Waals surface area contributed by atoms with E-state index in [0.717, 1.165) is 37.7 Å². The van der Waals surface area contributed by atoms with Gasteiger partial charge in [0.2, 0.25) is 5.91 Å². The van der Waals surface area contributed by atoms with E-state index >= 15 is 0 Å². The molecule has 1 aliphatic rings. The highest BCUT2D eigenvalue weighted by atomic mass is 35.5. The molecule has 1 aromatic rings. The molecule has 3 N–H and O–H groups in total. The number of hydrogen-bond acceptors (Lipinski definition) is 5. The van der Waals surface area contributed by atoms with Crippen LogP contribution in [0.3, 0.4) is 0 Å². The van der Waals surface area contributed by atoms with Crippen molar-refractivity contribution in [2.75, 3.05) is 37.7 Å². The van der Waals surface area contributed by atoms with Crippen molar-refractivity contribution >= 4 is 36.5 Å². The van der Waals surface area contributed by atoms with Crippen LogP contribution in [-0.4, -0.2) is 43.7 Å². The number of aromatic nitrogens is 1. The summed E-state index contributed by atoms with van der Waals surface area (Å²) in [6.45, 7) is 5.86. The van der Waals surface area contributed by atoms with Gasteiger partial charge in [0, 0.05) is 38.3 Å². The van der Waals surface area contributed by atoms with E-state index in [0.29, 0.717) is 13.1 Å². The molecule has 1 saturated heterocycles. The molecule has 2 rings (SSSR count). The highest BCUT2D eigenvalue weighted by Gasteiger charge is 2.13. The second-order valence-electron chi connectivity index (χ2n) is 4.98. The minimum atomic E-state index is -0.157. The molecule has 1 aliphatic heterocycles. The van der Waals surface area contributed by atoms with Gasteiger partial charge in [0.05, 0.1) is 13.2 Å². The largest absolute Gasteiger partial charge is 0.378 e. The number of nitrogens with one attached hydrogen (secondary N) is 1. The number of nitrogens with two attached hydrogens (primary N) is 1. The normalized spacial score (nSPS) is 15.3. The lowest BCUT2D eigenvalue weighted by Gasteiger charge is -2.28. The molecule has 1 unspecified atom stereocenters. The standard InChI is InChI=1S/C14H22N4O2.2ClH/c1-11(9-15)14(19)17-10-12-2-3-16-13(8-12)18-4-6-20-7-5-18;;/h2-3,8,11H,4-7,9-10,15H2,1H3,(H,17,19);2*1H. The fourth-order valence-electron chi connectivity index (χ4n) is 2.01. The molecular weight excluding hydrogens is 327 g/mol. The summed E-state index contributed by atoms with van der Waals surface area (Å²) >= 11 is 0. The summed E-state index contributed by atoms with van der Waals surface area (Å²) in [5.74, 6) is 0.764. The number of amides is 1. The Morgan fingerprint density at radius 3 is 2.77 bits per heavy atom. The van der Waals surface area contributed by atoms with Gasteiger partial charge in [0.15, 0.2) is 0 Å². The van der Waals surface area contributed by atoms with Crippen LogP contribution in [0.25, 0.3) is 0 Å². The van der Waals surface area contributed by atoms with Gasteiger partial charge >= 0.3 is 0 Å². The molecule has 0 bridgehead atoms. The summed E-state index contributed by atoms with van der Waals surface area (Å²) in [6, 6.07) is 3.93. The van der Waals surface area contributed by atoms with Crippen molar-refractivity contribution in [3.8, 4) is 0 Å².